The lowest BCUT2D eigenvalue weighted by molar-refractivity contribution is -0.134. The molecule has 2 aliphatic rings. The number of hydrogen-bond acceptors (Lipinski definition) is 4. The zero-order valence-corrected chi connectivity index (χ0v) is 9.31. The molecule has 0 amide bonds. The summed E-state index contributed by atoms with van der Waals surface area (Å²) in [6.45, 7) is 2.01. The molecule has 0 aromatic heterocycles. The summed E-state index contributed by atoms with van der Waals surface area (Å²) in [5.41, 5.74) is 5.13. The monoisotopic (exact) mass is 218 g/mol. The van der Waals surface area contributed by atoms with Gasteiger partial charge in [0.25, 0.3) is 0 Å². The summed E-state index contributed by atoms with van der Waals surface area (Å²) in [5.74, 6) is -0.00138. The molecule has 2 rings (SSSR count). The van der Waals surface area contributed by atoms with Crippen molar-refractivity contribution in [2.24, 2.45) is 11.0 Å². The number of hydrogen-bond donors (Lipinski definition) is 1. The molecule has 1 N–H and O–H groups in total. The third kappa shape index (κ3) is 2.05. The first kappa shape index (κ1) is 10.7. The van der Waals surface area contributed by atoms with Crippen molar-refractivity contribution in [1.82, 2.24) is 5.43 Å². The van der Waals surface area contributed by atoms with Crippen LogP contribution in [0.4, 0.5) is 0 Å². The minimum Gasteiger partial charge on any atom is -0.466 e. The molecule has 0 fully saturated rings. The van der Waals surface area contributed by atoms with Gasteiger partial charge in [0, 0.05) is 17.7 Å². The Morgan fingerprint density at radius 3 is 3.19 bits per heavy atom. The highest BCUT2D eigenvalue weighted by Gasteiger charge is 2.26. The van der Waals surface area contributed by atoms with Gasteiger partial charge in [-0.25, -0.2) is 4.79 Å². The molecule has 0 radical (unpaired) electrons. The third-order valence-electron chi connectivity index (χ3n) is 2.74. The van der Waals surface area contributed by atoms with Crippen LogP contribution in [0.3, 0.4) is 0 Å². The van der Waals surface area contributed by atoms with Gasteiger partial charge in [0.1, 0.15) is 0 Å². The lowest BCUT2D eigenvalue weighted by Gasteiger charge is -2.17. The fourth-order valence-electron chi connectivity index (χ4n) is 1.81. The number of methoxy groups -OCH3 is 1. The van der Waals surface area contributed by atoms with Crippen LogP contribution in [0.2, 0.25) is 0 Å². The second-order valence-corrected chi connectivity index (χ2v) is 3.82. The first-order valence-corrected chi connectivity index (χ1v) is 5.16. The summed E-state index contributed by atoms with van der Waals surface area (Å²) in [6, 6.07) is 0.210. The molecule has 16 heavy (non-hydrogen) atoms. The maximum Gasteiger partial charge on any atom is 0.330 e. The lowest BCUT2D eigenvalue weighted by Crippen LogP contribution is -2.27. The van der Waals surface area contributed by atoms with E-state index in [0.717, 1.165) is 11.3 Å². The van der Waals surface area contributed by atoms with Crippen LogP contribution in [0.25, 0.3) is 0 Å². The van der Waals surface area contributed by atoms with E-state index in [1.54, 1.807) is 6.08 Å². The molecule has 4 heteroatoms. The molecule has 0 bridgehead atoms. The van der Waals surface area contributed by atoms with Crippen molar-refractivity contribution in [1.29, 1.82) is 0 Å². The zero-order chi connectivity index (χ0) is 11.5. The lowest BCUT2D eigenvalue weighted by atomic mass is 9.90. The maximum atomic E-state index is 10.9. The zero-order valence-electron chi connectivity index (χ0n) is 9.31. The second kappa shape index (κ2) is 4.35. The quantitative estimate of drug-likeness (QED) is 0.559. The predicted molar refractivity (Wildman–Crippen MR) is 61.9 cm³/mol. The number of nitrogens with one attached hydrogen (secondary N) is 1. The number of allylic oxidation sites excluding steroid dienone is 3. The SMILES string of the molecule is COC(=O)/C=C/C1=C[C@@H]2NN=C(C)C2C=C1. The van der Waals surface area contributed by atoms with E-state index in [4.69, 9.17) is 0 Å². The Kier molecular flexibility index (Phi) is 2.90. The van der Waals surface area contributed by atoms with E-state index in [1.807, 2.05) is 13.0 Å². The van der Waals surface area contributed by atoms with Gasteiger partial charge in [-0.1, -0.05) is 18.2 Å². The van der Waals surface area contributed by atoms with E-state index in [0.29, 0.717) is 5.92 Å². The number of carbonyl (C=O) groups is 1. The first-order chi connectivity index (χ1) is 7.70. The highest BCUT2D eigenvalue weighted by molar-refractivity contribution is 5.89. The van der Waals surface area contributed by atoms with Crippen molar-refractivity contribution in [2.45, 2.75) is 13.0 Å². The van der Waals surface area contributed by atoms with Crippen LogP contribution < -0.4 is 5.43 Å². The number of fused-ring (bicyclic) bond motifs is 1. The van der Waals surface area contributed by atoms with Crippen molar-refractivity contribution in [3.63, 3.8) is 0 Å². The molecule has 4 nitrogen and oxygen atoms in total. The van der Waals surface area contributed by atoms with Crippen molar-refractivity contribution in [2.75, 3.05) is 7.11 Å². The van der Waals surface area contributed by atoms with E-state index in [-0.39, 0.29) is 12.0 Å². The van der Waals surface area contributed by atoms with Crippen LogP contribution in [0, 0.1) is 5.92 Å². The Balaban J connectivity index is 2.06. The summed E-state index contributed by atoms with van der Waals surface area (Å²) >= 11 is 0. The molecule has 2 atom stereocenters. The van der Waals surface area contributed by atoms with Crippen LogP contribution in [-0.4, -0.2) is 24.8 Å². The summed E-state index contributed by atoms with van der Waals surface area (Å²) in [7, 11) is 1.36. The highest BCUT2D eigenvalue weighted by atomic mass is 16.5. The summed E-state index contributed by atoms with van der Waals surface area (Å²) in [4.78, 5) is 10.9. The maximum absolute atomic E-state index is 10.9. The van der Waals surface area contributed by atoms with Crippen molar-refractivity contribution < 1.29 is 9.53 Å². The van der Waals surface area contributed by atoms with Gasteiger partial charge in [0.05, 0.1) is 13.2 Å². The highest BCUT2D eigenvalue weighted by Crippen LogP contribution is 2.22. The molecule has 84 valence electrons. The second-order valence-electron chi connectivity index (χ2n) is 3.82. The predicted octanol–water partition coefficient (Wildman–Crippen LogP) is 1.18. The number of ether oxygens (including phenoxy) is 1. The number of esters is 1. The van der Waals surface area contributed by atoms with Gasteiger partial charge in [-0.15, -0.1) is 0 Å². The molecule has 0 aromatic carbocycles. The van der Waals surface area contributed by atoms with Crippen molar-refractivity contribution in [3.05, 3.63) is 36.0 Å². The van der Waals surface area contributed by atoms with E-state index in [9.17, 15) is 4.79 Å². The van der Waals surface area contributed by atoms with Gasteiger partial charge in [-0.2, -0.15) is 5.10 Å². The number of hydrazone groups is 1. The summed E-state index contributed by atoms with van der Waals surface area (Å²) in [6.07, 6.45) is 9.31. The Morgan fingerprint density at radius 2 is 2.44 bits per heavy atom. The van der Waals surface area contributed by atoms with Crippen molar-refractivity contribution >= 4 is 11.7 Å². The Hall–Kier alpha value is -1.84. The number of nitrogens with zero attached hydrogens (tertiary/aromatic N) is 1. The largest absolute Gasteiger partial charge is 0.466 e. The number of carbonyl (C=O) groups excluding carboxylic acids is 1. The molecule has 1 aliphatic heterocycles. The van der Waals surface area contributed by atoms with Gasteiger partial charge < -0.3 is 10.2 Å². The molecule has 1 heterocycles. The molecule has 1 aliphatic carbocycles. The topological polar surface area (TPSA) is 50.7 Å². The van der Waals surface area contributed by atoms with E-state index >= 15 is 0 Å². The van der Waals surface area contributed by atoms with Crippen LogP contribution in [0.1, 0.15) is 6.92 Å². The van der Waals surface area contributed by atoms with E-state index in [1.165, 1.54) is 13.2 Å². The molecule has 0 saturated carbocycles. The summed E-state index contributed by atoms with van der Waals surface area (Å²) < 4.78 is 4.53. The van der Waals surface area contributed by atoms with Crippen LogP contribution in [-0.2, 0) is 9.53 Å². The Bertz CT molecular complexity index is 419. The molecule has 0 saturated heterocycles. The Labute approximate surface area is 94.4 Å². The van der Waals surface area contributed by atoms with Crippen LogP contribution >= 0.6 is 0 Å². The standard InChI is InChI=1S/C12H14N2O2/c1-8-10-5-3-9(4-6-12(15)16-2)7-11(10)14-13-8/h3-7,10-11,14H,1-2H3/b6-4+/t10?,11-/m0/s1. The normalized spacial score (nSPS) is 27.1. The fourth-order valence-corrected chi connectivity index (χ4v) is 1.81. The number of rotatable bonds is 2. The molecular formula is C12H14N2O2. The van der Waals surface area contributed by atoms with Crippen LogP contribution in [0.5, 0.6) is 0 Å². The van der Waals surface area contributed by atoms with E-state index in [2.05, 4.69) is 27.4 Å². The van der Waals surface area contributed by atoms with E-state index < -0.39 is 0 Å². The average molecular weight is 218 g/mol. The van der Waals surface area contributed by atoms with Gasteiger partial charge in [-0.05, 0) is 18.6 Å². The fraction of sp³-hybridized carbons (Fsp3) is 0.333. The molecule has 0 spiro atoms. The summed E-state index contributed by atoms with van der Waals surface area (Å²) in [5, 5.41) is 4.18. The smallest absolute Gasteiger partial charge is 0.330 e. The Morgan fingerprint density at radius 1 is 1.62 bits per heavy atom. The molecule has 0 aromatic rings. The third-order valence-corrected chi connectivity index (χ3v) is 2.74. The average Bonchev–Trinajstić information content (AvgIpc) is 2.67. The van der Waals surface area contributed by atoms with Gasteiger partial charge in [0.2, 0.25) is 0 Å². The minimum absolute atomic E-state index is 0.210. The molecule has 1 unspecified atom stereocenters. The first-order valence-electron chi connectivity index (χ1n) is 5.16. The van der Waals surface area contributed by atoms with Gasteiger partial charge in [-0.3, -0.25) is 0 Å². The van der Waals surface area contributed by atoms with Gasteiger partial charge in [0.15, 0.2) is 0 Å². The minimum atomic E-state index is -0.344. The van der Waals surface area contributed by atoms with Gasteiger partial charge >= 0.3 is 5.97 Å². The van der Waals surface area contributed by atoms with Crippen LogP contribution in [0.15, 0.2) is 41.1 Å². The van der Waals surface area contributed by atoms with Crippen molar-refractivity contribution in [3.8, 4) is 0 Å². The molecular weight excluding hydrogens is 204 g/mol.